The lowest BCUT2D eigenvalue weighted by Gasteiger charge is -2.08. The van der Waals surface area contributed by atoms with Crippen molar-refractivity contribution in [3.05, 3.63) is 47.8 Å². The minimum atomic E-state index is -0.741. The summed E-state index contributed by atoms with van der Waals surface area (Å²) in [6, 6.07) is 7.91. The van der Waals surface area contributed by atoms with Crippen LogP contribution in [-0.2, 0) is 14.3 Å². The summed E-state index contributed by atoms with van der Waals surface area (Å²) < 4.78 is 4.89. The average molecular weight is 343 g/mol. The Bertz CT molecular complexity index is 825. The minimum Gasteiger partial charge on any atom is -0.451 e. The van der Waals surface area contributed by atoms with Crippen molar-refractivity contribution < 1.29 is 23.9 Å². The van der Waals surface area contributed by atoms with Gasteiger partial charge in [-0.2, -0.15) is 0 Å². The topological polar surface area (TPSA) is 117 Å². The number of amides is 2. The van der Waals surface area contributed by atoms with Crippen molar-refractivity contribution in [3.63, 3.8) is 0 Å². The second-order valence-corrected chi connectivity index (χ2v) is 5.24. The zero-order valence-corrected chi connectivity index (χ0v) is 13.7. The lowest BCUT2D eigenvalue weighted by molar-refractivity contribution is -0.119. The highest BCUT2D eigenvalue weighted by Gasteiger charge is 2.14. The lowest BCUT2D eigenvalue weighted by atomic mass is 10.2. The van der Waals surface area contributed by atoms with Gasteiger partial charge in [-0.25, -0.2) is 4.79 Å². The largest absolute Gasteiger partial charge is 0.451 e. The Kier molecular flexibility index (Phi) is 5.67. The van der Waals surface area contributed by atoms with Gasteiger partial charge >= 0.3 is 5.97 Å². The van der Waals surface area contributed by atoms with Gasteiger partial charge in [0.15, 0.2) is 12.4 Å². The molecular weight excluding hydrogens is 326 g/mol. The third-order valence-electron chi connectivity index (χ3n) is 3.11. The quantitative estimate of drug-likeness (QED) is 0.547. The number of carbonyl (C=O) groups is 4. The van der Waals surface area contributed by atoms with Gasteiger partial charge in [0.2, 0.25) is 5.91 Å². The Morgan fingerprint density at radius 2 is 1.72 bits per heavy atom. The van der Waals surface area contributed by atoms with E-state index in [4.69, 9.17) is 4.74 Å². The number of anilines is 2. The van der Waals surface area contributed by atoms with Crippen LogP contribution in [0.15, 0.2) is 36.5 Å². The van der Waals surface area contributed by atoms with Crippen LogP contribution in [0.2, 0.25) is 0 Å². The van der Waals surface area contributed by atoms with Crippen LogP contribution in [0.4, 0.5) is 11.4 Å². The van der Waals surface area contributed by atoms with Crippen LogP contribution in [-0.4, -0.2) is 35.2 Å². The molecule has 2 amide bonds. The Morgan fingerprint density at radius 3 is 2.32 bits per heavy atom. The number of nitrogens with one attached hydrogen (secondary N) is 3. The van der Waals surface area contributed by atoms with Crippen molar-refractivity contribution in [2.45, 2.75) is 13.8 Å². The fourth-order valence-corrected chi connectivity index (χ4v) is 2.00. The highest BCUT2D eigenvalue weighted by molar-refractivity contribution is 5.99. The second-order valence-electron chi connectivity index (χ2n) is 5.24. The van der Waals surface area contributed by atoms with Crippen molar-refractivity contribution >= 4 is 34.9 Å². The summed E-state index contributed by atoms with van der Waals surface area (Å²) >= 11 is 0. The van der Waals surface area contributed by atoms with Gasteiger partial charge in [0.05, 0.1) is 0 Å². The number of ether oxygens (including phenoxy) is 1. The molecule has 0 fully saturated rings. The van der Waals surface area contributed by atoms with E-state index in [1.807, 2.05) is 0 Å². The Hall–Kier alpha value is -3.42. The monoisotopic (exact) mass is 343 g/mol. The zero-order valence-electron chi connectivity index (χ0n) is 13.7. The molecule has 0 saturated heterocycles. The number of Topliss-reactive ketones (excluding diaryl/α,β-unsaturated/α-hetero) is 1. The van der Waals surface area contributed by atoms with Crippen molar-refractivity contribution in [1.82, 2.24) is 4.98 Å². The maximum Gasteiger partial charge on any atom is 0.355 e. The van der Waals surface area contributed by atoms with Gasteiger partial charge in [0.1, 0.15) is 5.69 Å². The molecule has 3 N–H and O–H groups in total. The molecule has 8 heteroatoms. The summed E-state index contributed by atoms with van der Waals surface area (Å²) in [6.07, 6.45) is 1.40. The predicted octanol–water partition coefficient (Wildman–Crippen LogP) is 1.97. The molecule has 0 aliphatic rings. The summed E-state index contributed by atoms with van der Waals surface area (Å²) in [7, 11) is 0. The molecule has 25 heavy (non-hydrogen) atoms. The van der Waals surface area contributed by atoms with Gasteiger partial charge in [-0.05, 0) is 31.2 Å². The Balaban J connectivity index is 1.88. The van der Waals surface area contributed by atoms with Gasteiger partial charge in [0, 0.05) is 30.1 Å². The maximum atomic E-state index is 11.9. The minimum absolute atomic E-state index is 0.0886. The number of benzene rings is 1. The summed E-state index contributed by atoms with van der Waals surface area (Å²) in [5, 5.41) is 5.15. The number of esters is 1. The summed E-state index contributed by atoms with van der Waals surface area (Å²) in [4.78, 5) is 48.5. The molecule has 1 aromatic heterocycles. The molecule has 130 valence electrons. The summed E-state index contributed by atoms with van der Waals surface area (Å²) in [6.45, 7) is 2.27. The average Bonchev–Trinajstić information content (AvgIpc) is 3.02. The van der Waals surface area contributed by atoms with Crippen LogP contribution in [0, 0.1) is 0 Å². The molecule has 1 aromatic carbocycles. The first-order valence-electron chi connectivity index (χ1n) is 7.39. The van der Waals surface area contributed by atoms with Crippen LogP contribution < -0.4 is 10.6 Å². The number of hydrogen-bond acceptors (Lipinski definition) is 5. The maximum absolute atomic E-state index is 11.9. The van der Waals surface area contributed by atoms with Crippen LogP contribution in [0.3, 0.4) is 0 Å². The fraction of sp³-hybridized carbons (Fsp3) is 0.176. The molecule has 0 aliphatic heterocycles. The molecule has 2 rings (SSSR count). The number of aromatic nitrogens is 1. The van der Waals surface area contributed by atoms with Crippen LogP contribution in [0.25, 0.3) is 0 Å². The van der Waals surface area contributed by atoms with E-state index in [1.165, 1.54) is 26.1 Å². The highest BCUT2D eigenvalue weighted by Crippen LogP contribution is 2.15. The zero-order chi connectivity index (χ0) is 18.4. The Morgan fingerprint density at radius 1 is 1.04 bits per heavy atom. The summed E-state index contributed by atoms with van der Waals surface area (Å²) in [5.41, 5.74) is 1.42. The molecule has 8 nitrogen and oxygen atoms in total. The van der Waals surface area contributed by atoms with E-state index < -0.39 is 18.5 Å². The molecule has 2 aromatic rings. The molecule has 0 spiro atoms. The van der Waals surface area contributed by atoms with Crippen molar-refractivity contribution in [2.24, 2.45) is 0 Å². The number of ketones is 1. The number of hydrogen-bond donors (Lipinski definition) is 3. The van der Waals surface area contributed by atoms with E-state index in [0.29, 0.717) is 16.9 Å². The summed E-state index contributed by atoms with van der Waals surface area (Å²) in [5.74, 6) is -1.69. The van der Waals surface area contributed by atoms with Crippen molar-refractivity contribution in [2.75, 3.05) is 17.2 Å². The van der Waals surface area contributed by atoms with E-state index in [-0.39, 0.29) is 17.4 Å². The van der Waals surface area contributed by atoms with Crippen molar-refractivity contribution in [1.29, 1.82) is 0 Å². The van der Waals surface area contributed by atoms with Gasteiger partial charge < -0.3 is 20.4 Å². The second kappa shape index (κ2) is 7.91. The van der Waals surface area contributed by atoms with Gasteiger partial charge in [-0.15, -0.1) is 0 Å². The third kappa shape index (κ3) is 5.31. The predicted molar refractivity (Wildman–Crippen MR) is 90.5 cm³/mol. The normalized spacial score (nSPS) is 10.0. The van der Waals surface area contributed by atoms with Gasteiger partial charge in [-0.3, -0.25) is 14.4 Å². The number of rotatable bonds is 6. The first-order chi connectivity index (χ1) is 11.8. The van der Waals surface area contributed by atoms with Crippen LogP contribution in [0.1, 0.15) is 34.7 Å². The number of H-pyrrole nitrogens is 1. The standard InChI is InChI=1S/C17H17N3O5/c1-10(21)12-6-15(18-8-12)17(24)25-9-16(23)20-14-5-3-4-13(7-14)19-11(2)22/h3-8,18H,9H2,1-2H3,(H,19,22)(H,20,23). The van der Waals surface area contributed by atoms with E-state index in [9.17, 15) is 19.2 Å². The number of carbonyl (C=O) groups excluding carboxylic acids is 4. The smallest absolute Gasteiger partial charge is 0.355 e. The first kappa shape index (κ1) is 17.9. The van der Waals surface area contributed by atoms with Gasteiger partial charge in [-0.1, -0.05) is 6.07 Å². The lowest BCUT2D eigenvalue weighted by Crippen LogP contribution is -2.21. The fourth-order valence-electron chi connectivity index (χ4n) is 2.00. The highest BCUT2D eigenvalue weighted by atomic mass is 16.5. The first-order valence-corrected chi connectivity index (χ1v) is 7.39. The molecular formula is C17H17N3O5. The molecule has 0 aliphatic carbocycles. The van der Waals surface area contributed by atoms with E-state index in [2.05, 4.69) is 15.6 Å². The molecule has 0 radical (unpaired) electrons. The third-order valence-corrected chi connectivity index (χ3v) is 3.11. The van der Waals surface area contributed by atoms with E-state index in [0.717, 1.165) is 0 Å². The van der Waals surface area contributed by atoms with Gasteiger partial charge in [0.25, 0.3) is 5.91 Å². The van der Waals surface area contributed by atoms with Crippen LogP contribution >= 0.6 is 0 Å². The molecule has 0 bridgehead atoms. The van der Waals surface area contributed by atoms with Crippen molar-refractivity contribution in [3.8, 4) is 0 Å². The van der Waals surface area contributed by atoms with E-state index >= 15 is 0 Å². The molecule has 1 heterocycles. The molecule has 0 atom stereocenters. The van der Waals surface area contributed by atoms with E-state index in [1.54, 1.807) is 24.3 Å². The molecule has 0 saturated carbocycles. The molecule has 0 unspecified atom stereocenters. The Labute approximate surface area is 143 Å². The van der Waals surface area contributed by atoms with Crippen LogP contribution in [0.5, 0.6) is 0 Å². The SMILES string of the molecule is CC(=O)Nc1cccc(NC(=O)COC(=O)c2cc(C(C)=O)c[nH]2)c1. The number of aromatic amines is 1.